The molecule has 0 bridgehead atoms. The summed E-state index contributed by atoms with van der Waals surface area (Å²) in [5.74, 6) is 0.127. The van der Waals surface area contributed by atoms with Crippen LogP contribution in [0.25, 0.3) is 0 Å². The highest BCUT2D eigenvalue weighted by molar-refractivity contribution is 7.12. The third-order valence-electron chi connectivity index (χ3n) is 6.20. The van der Waals surface area contributed by atoms with Gasteiger partial charge in [-0.05, 0) is 62.5 Å². The standard InChI is InChI=1S/C27H32N2O3S2/c1-26(2,3)18-15-17(16-19(22(18)30)27(4,5)6)23-28(24(31)20-9-7-13-33-20)11-12-29(23)25(32)21-10-8-14-34-21/h7-10,13-16,23,30H,11-12H2,1-6H3. The number of phenolic OH excluding ortho intramolecular Hbond substituents is 1. The molecule has 2 aromatic heterocycles. The van der Waals surface area contributed by atoms with E-state index in [9.17, 15) is 14.7 Å². The zero-order chi connectivity index (χ0) is 24.8. The van der Waals surface area contributed by atoms with E-state index < -0.39 is 6.17 Å². The van der Waals surface area contributed by atoms with Crippen LogP contribution < -0.4 is 0 Å². The van der Waals surface area contributed by atoms with Crippen LogP contribution in [0.2, 0.25) is 0 Å². The van der Waals surface area contributed by atoms with Gasteiger partial charge in [0.25, 0.3) is 11.8 Å². The molecule has 3 aromatic rings. The van der Waals surface area contributed by atoms with Crippen LogP contribution in [0.4, 0.5) is 0 Å². The second-order valence-corrected chi connectivity index (χ2v) is 12.7. The molecule has 180 valence electrons. The molecule has 1 aliphatic heterocycles. The number of aromatic hydroxyl groups is 1. The van der Waals surface area contributed by atoms with Crippen molar-refractivity contribution >= 4 is 34.5 Å². The van der Waals surface area contributed by atoms with E-state index in [0.29, 0.717) is 22.8 Å². The van der Waals surface area contributed by atoms with Crippen LogP contribution in [-0.4, -0.2) is 39.8 Å². The summed E-state index contributed by atoms with van der Waals surface area (Å²) >= 11 is 2.81. The molecule has 7 heteroatoms. The Bertz CT molecular complexity index is 1100. The molecular weight excluding hydrogens is 464 g/mol. The molecule has 0 unspecified atom stereocenters. The zero-order valence-electron chi connectivity index (χ0n) is 20.6. The average Bonchev–Trinajstić information content (AvgIpc) is 3.53. The molecule has 0 atom stereocenters. The van der Waals surface area contributed by atoms with Crippen molar-refractivity contribution in [2.24, 2.45) is 0 Å². The maximum Gasteiger partial charge on any atom is 0.265 e. The summed E-state index contributed by atoms with van der Waals surface area (Å²) in [5, 5.41) is 15.0. The highest BCUT2D eigenvalue weighted by atomic mass is 32.1. The molecule has 1 saturated heterocycles. The summed E-state index contributed by atoms with van der Waals surface area (Å²) in [7, 11) is 0. The molecule has 3 heterocycles. The van der Waals surface area contributed by atoms with Gasteiger partial charge in [-0.1, -0.05) is 53.7 Å². The van der Waals surface area contributed by atoms with E-state index in [1.165, 1.54) is 22.7 Å². The molecule has 0 radical (unpaired) electrons. The minimum atomic E-state index is -0.549. The minimum Gasteiger partial charge on any atom is -0.507 e. The Labute approximate surface area is 209 Å². The number of carbonyl (C=O) groups is 2. The van der Waals surface area contributed by atoms with Crippen molar-refractivity contribution in [1.29, 1.82) is 0 Å². The Balaban J connectivity index is 1.90. The van der Waals surface area contributed by atoms with Crippen molar-refractivity contribution in [1.82, 2.24) is 9.80 Å². The van der Waals surface area contributed by atoms with E-state index in [1.807, 2.05) is 47.2 Å². The second-order valence-electron chi connectivity index (χ2n) is 10.8. The predicted molar refractivity (Wildman–Crippen MR) is 139 cm³/mol. The van der Waals surface area contributed by atoms with Crippen molar-refractivity contribution in [2.75, 3.05) is 13.1 Å². The monoisotopic (exact) mass is 496 g/mol. The van der Waals surface area contributed by atoms with Gasteiger partial charge in [0.2, 0.25) is 0 Å². The molecular formula is C27H32N2O3S2. The topological polar surface area (TPSA) is 60.9 Å². The van der Waals surface area contributed by atoms with Gasteiger partial charge in [-0.2, -0.15) is 0 Å². The Kier molecular flexibility index (Phi) is 6.38. The van der Waals surface area contributed by atoms with Crippen LogP contribution in [0, 0.1) is 0 Å². The first kappa shape index (κ1) is 24.5. The molecule has 5 nitrogen and oxygen atoms in total. The number of hydrogen-bond acceptors (Lipinski definition) is 5. The summed E-state index contributed by atoms with van der Waals surface area (Å²) in [4.78, 5) is 32.0. The lowest BCUT2D eigenvalue weighted by atomic mass is 9.78. The fourth-order valence-electron chi connectivity index (χ4n) is 4.45. The number of hydrogen-bond donors (Lipinski definition) is 1. The highest BCUT2D eigenvalue weighted by Gasteiger charge is 2.41. The van der Waals surface area contributed by atoms with Crippen molar-refractivity contribution in [2.45, 2.75) is 58.5 Å². The highest BCUT2D eigenvalue weighted by Crippen LogP contribution is 2.43. The zero-order valence-corrected chi connectivity index (χ0v) is 22.2. The maximum absolute atomic E-state index is 13.5. The number of carbonyl (C=O) groups excluding carboxylic acids is 2. The predicted octanol–water partition coefficient (Wildman–Crippen LogP) is 6.41. The largest absolute Gasteiger partial charge is 0.507 e. The van der Waals surface area contributed by atoms with E-state index >= 15 is 0 Å². The number of thiophene rings is 2. The number of nitrogens with zero attached hydrogens (tertiary/aromatic N) is 2. The van der Waals surface area contributed by atoms with Crippen LogP contribution in [0.5, 0.6) is 5.75 Å². The van der Waals surface area contributed by atoms with Gasteiger partial charge in [0, 0.05) is 13.1 Å². The lowest BCUT2D eigenvalue weighted by Gasteiger charge is -2.34. The van der Waals surface area contributed by atoms with E-state index in [2.05, 4.69) is 41.5 Å². The molecule has 4 rings (SSSR count). The van der Waals surface area contributed by atoms with Crippen LogP contribution in [0.1, 0.15) is 83.7 Å². The normalized spacial score (nSPS) is 15.2. The molecule has 0 saturated carbocycles. The van der Waals surface area contributed by atoms with Gasteiger partial charge < -0.3 is 14.9 Å². The fourth-order valence-corrected chi connectivity index (χ4v) is 5.80. The summed E-state index contributed by atoms with van der Waals surface area (Å²) in [6, 6.07) is 11.3. The van der Waals surface area contributed by atoms with Crippen molar-refractivity contribution in [3.8, 4) is 5.75 Å². The molecule has 34 heavy (non-hydrogen) atoms. The maximum atomic E-state index is 13.5. The number of benzene rings is 1. The quantitative estimate of drug-likeness (QED) is 0.456. The Morgan fingerprint density at radius 1 is 0.824 bits per heavy atom. The smallest absolute Gasteiger partial charge is 0.265 e. The van der Waals surface area contributed by atoms with E-state index in [1.54, 1.807) is 9.80 Å². The molecule has 1 fully saturated rings. The van der Waals surface area contributed by atoms with Crippen LogP contribution in [0.3, 0.4) is 0 Å². The second kappa shape index (κ2) is 8.86. The fraction of sp³-hybridized carbons (Fsp3) is 0.407. The van der Waals surface area contributed by atoms with E-state index in [4.69, 9.17) is 0 Å². The van der Waals surface area contributed by atoms with E-state index in [-0.39, 0.29) is 28.4 Å². The molecule has 2 amide bonds. The summed E-state index contributed by atoms with van der Waals surface area (Å²) in [6.07, 6.45) is -0.549. The first-order valence-electron chi connectivity index (χ1n) is 11.5. The summed E-state index contributed by atoms with van der Waals surface area (Å²) < 4.78 is 0. The number of amides is 2. The molecule has 0 aliphatic carbocycles. The molecule has 1 aliphatic rings. The van der Waals surface area contributed by atoms with Gasteiger partial charge in [-0.3, -0.25) is 9.59 Å². The third kappa shape index (κ3) is 4.51. The van der Waals surface area contributed by atoms with Gasteiger partial charge >= 0.3 is 0 Å². The number of phenols is 1. The number of rotatable bonds is 3. The minimum absolute atomic E-state index is 0.0795. The van der Waals surface area contributed by atoms with Crippen molar-refractivity contribution in [3.05, 3.63) is 73.6 Å². The van der Waals surface area contributed by atoms with Crippen LogP contribution in [0.15, 0.2) is 47.2 Å². The van der Waals surface area contributed by atoms with E-state index in [0.717, 1.165) is 16.7 Å². The first-order valence-corrected chi connectivity index (χ1v) is 13.2. The third-order valence-corrected chi connectivity index (χ3v) is 7.92. The molecule has 1 N–H and O–H groups in total. The van der Waals surface area contributed by atoms with Crippen LogP contribution >= 0.6 is 22.7 Å². The molecule has 1 aromatic carbocycles. The van der Waals surface area contributed by atoms with Gasteiger partial charge in [0.05, 0.1) is 9.75 Å². The van der Waals surface area contributed by atoms with Crippen molar-refractivity contribution in [3.63, 3.8) is 0 Å². The average molecular weight is 497 g/mol. The molecule has 0 spiro atoms. The van der Waals surface area contributed by atoms with Gasteiger partial charge in [-0.25, -0.2) is 0 Å². The van der Waals surface area contributed by atoms with Gasteiger partial charge in [-0.15, -0.1) is 22.7 Å². The van der Waals surface area contributed by atoms with Crippen molar-refractivity contribution < 1.29 is 14.7 Å². The van der Waals surface area contributed by atoms with Crippen LogP contribution in [-0.2, 0) is 10.8 Å². The lowest BCUT2D eigenvalue weighted by Crippen LogP contribution is -2.38. The van der Waals surface area contributed by atoms with Gasteiger partial charge in [0.1, 0.15) is 11.9 Å². The Hall–Kier alpha value is -2.64. The summed E-state index contributed by atoms with van der Waals surface area (Å²) in [5.41, 5.74) is 1.84. The summed E-state index contributed by atoms with van der Waals surface area (Å²) in [6.45, 7) is 13.3. The van der Waals surface area contributed by atoms with Gasteiger partial charge in [0.15, 0.2) is 0 Å². The Morgan fingerprint density at radius 3 is 1.56 bits per heavy atom. The SMILES string of the molecule is CC(C)(C)c1cc(C2N(C(=O)c3cccs3)CCN2C(=O)c2cccs2)cc(C(C)(C)C)c1O. The first-order chi connectivity index (χ1) is 15.9. The lowest BCUT2D eigenvalue weighted by molar-refractivity contribution is 0.0550. The Morgan fingerprint density at radius 2 is 1.24 bits per heavy atom.